The number of imidazole rings is 1. The highest BCUT2D eigenvalue weighted by Crippen LogP contribution is 2.48. The Balaban J connectivity index is 1.83. The molecule has 2 aliphatic rings. The van der Waals surface area contributed by atoms with Crippen LogP contribution in [0.15, 0.2) is 6.33 Å². The molecule has 0 aliphatic heterocycles. The van der Waals surface area contributed by atoms with Crippen LogP contribution in [0.5, 0.6) is 0 Å². The highest BCUT2D eigenvalue weighted by Gasteiger charge is 2.41. The maximum atomic E-state index is 4.54. The standard InChI is InChI=1S/C12H18N2S/c15-8-12(5-6-12)7-14-9-13-10-3-1-2-4-11(10)14/h9,15H,1-8H2. The third kappa shape index (κ3) is 1.71. The summed E-state index contributed by atoms with van der Waals surface area (Å²) in [5, 5.41) is 0. The Bertz CT molecular complexity index is 366. The van der Waals surface area contributed by atoms with Gasteiger partial charge in [-0.25, -0.2) is 4.98 Å². The fraction of sp³-hybridized carbons (Fsp3) is 0.750. The lowest BCUT2D eigenvalue weighted by Gasteiger charge is -2.18. The van der Waals surface area contributed by atoms with E-state index in [4.69, 9.17) is 0 Å². The third-order valence-corrected chi connectivity index (χ3v) is 4.58. The molecule has 0 aromatic carbocycles. The van der Waals surface area contributed by atoms with Crippen LogP contribution in [0.2, 0.25) is 0 Å². The first-order chi connectivity index (χ1) is 7.33. The van der Waals surface area contributed by atoms with E-state index in [9.17, 15) is 0 Å². The molecule has 0 atom stereocenters. The molecule has 0 spiro atoms. The van der Waals surface area contributed by atoms with Gasteiger partial charge in [-0.2, -0.15) is 12.6 Å². The van der Waals surface area contributed by atoms with Crippen LogP contribution < -0.4 is 0 Å². The summed E-state index contributed by atoms with van der Waals surface area (Å²) in [6.07, 6.45) is 9.84. The number of hydrogen-bond donors (Lipinski definition) is 1. The number of nitrogens with zero attached hydrogens (tertiary/aromatic N) is 2. The van der Waals surface area contributed by atoms with Gasteiger partial charge in [0.15, 0.2) is 0 Å². The molecule has 15 heavy (non-hydrogen) atoms. The zero-order valence-electron chi connectivity index (χ0n) is 9.08. The zero-order chi connectivity index (χ0) is 10.3. The van der Waals surface area contributed by atoms with Crippen molar-refractivity contribution in [3.8, 4) is 0 Å². The van der Waals surface area contributed by atoms with Gasteiger partial charge in [0.1, 0.15) is 0 Å². The molecule has 0 radical (unpaired) electrons. The second kappa shape index (κ2) is 3.55. The quantitative estimate of drug-likeness (QED) is 0.778. The Morgan fingerprint density at radius 1 is 1.33 bits per heavy atom. The summed E-state index contributed by atoms with van der Waals surface area (Å²) in [5.74, 6) is 1.03. The number of fused-ring (bicyclic) bond motifs is 1. The van der Waals surface area contributed by atoms with E-state index in [-0.39, 0.29) is 0 Å². The molecule has 1 aromatic rings. The van der Waals surface area contributed by atoms with E-state index in [1.807, 2.05) is 0 Å². The van der Waals surface area contributed by atoms with Crippen LogP contribution in [0.25, 0.3) is 0 Å². The van der Waals surface area contributed by atoms with E-state index in [0.717, 1.165) is 12.3 Å². The number of hydrogen-bond acceptors (Lipinski definition) is 2. The summed E-state index contributed by atoms with van der Waals surface area (Å²) >= 11 is 4.47. The molecule has 1 fully saturated rings. The molecule has 1 saturated carbocycles. The minimum Gasteiger partial charge on any atom is -0.334 e. The average molecular weight is 222 g/mol. The molecule has 2 aliphatic carbocycles. The lowest BCUT2D eigenvalue weighted by molar-refractivity contribution is 0.457. The number of thiol groups is 1. The van der Waals surface area contributed by atoms with Crippen molar-refractivity contribution in [2.45, 2.75) is 45.1 Å². The van der Waals surface area contributed by atoms with E-state index in [1.54, 1.807) is 0 Å². The van der Waals surface area contributed by atoms with E-state index in [0.29, 0.717) is 5.41 Å². The van der Waals surface area contributed by atoms with Gasteiger partial charge < -0.3 is 4.57 Å². The number of rotatable bonds is 3. The lowest BCUT2D eigenvalue weighted by Crippen LogP contribution is -2.16. The third-order valence-electron chi connectivity index (χ3n) is 3.91. The van der Waals surface area contributed by atoms with Crippen molar-refractivity contribution >= 4 is 12.6 Å². The molecule has 0 bridgehead atoms. The van der Waals surface area contributed by atoms with Gasteiger partial charge in [-0.15, -0.1) is 0 Å². The molecule has 0 unspecified atom stereocenters. The SMILES string of the molecule is SCC1(Cn2cnc3c2CCCC3)CC1. The smallest absolute Gasteiger partial charge is 0.0951 e. The Labute approximate surface area is 96.5 Å². The maximum Gasteiger partial charge on any atom is 0.0951 e. The molecular weight excluding hydrogens is 204 g/mol. The molecule has 0 amide bonds. The van der Waals surface area contributed by atoms with E-state index in [2.05, 4.69) is 28.5 Å². The molecule has 0 N–H and O–H groups in total. The van der Waals surface area contributed by atoms with E-state index >= 15 is 0 Å². The topological polar surface area (TPSA) is 17.8 Å². The van der Waals surface area contributed by atoms with Gasteiger partial charge in [-0.3, -0.25) is 0 Å². The van der Waals surface area contributed by atoms with Crippen LogP contribution >= 0.6 is 12.6 Å². The van der Waals surface area contributed by atoms with Gasteiger partial charge in [0, 0.05) is 12.2 Å². The van der Waals surface area contributed by atoms with Gasteiger partial charge in [-0.05, 0) is 49.7 Å². The van der Waals surface area contributed by atoms with Crippen molar-refractivity contribution < 1.29 is 0 Å². The molecule has 1 heterocycles. The highest BCUT2D eigenvalue weighted by atomic mass is 32.1. The summed E-state index contributed by atoms with van der Waals surface area (Å²) in [6, 6.07) is 0. The van der Waals surface area contributed by atoms with Crippen LogP contribution in [0.1, 0.15) is 37.1 Å². The zero-order valence-corrected chi connectivity index (χ0v) is 9.97. The second-order valence-corrected chi connectivity index (χ2v) is 5.45. The van der Waals surface area contributed by atoms with Gasteiger partial charge in [0.25, 0.3) is 0 Å². The summed E-state index contributed by atoms with van der Waals surface area (Å²) < 4.78 is 2.40. The molecule has 3 heteroatoms. The van der Waals surface area contributed by atoms with Crippen LogP contribution in [-0.2, 0) is 19.4 Å². The molecular formula is C12H18N2S. The first-order valence-corrected chi connectivity index (χ1v) is 6.60. The van der Waals surface area contributed by atoms with Crippen molar-refractivity contribution in [3.63, 3.8) is 0 Å². The summed E-state index contributed by atoms with van der Waals surface area (Å²) in [6.45, 7) is 1.15. The Kier molecular flexibility index (Phi) is 2.31. The summed E-state index contributed by atoms with van der Waals surface area (Å²) in [7, 11) is 0. The number of aromatic nitrogens is 2. The first-order valence-electron chi connectivity index (χ1n) is 5.97. The molecule has 1 aromatic heterocycles. The Hall–Kier alpha value is -0.440. The molecule has 0 saturated heterocycles. The fourth-order valence-corrected chi connectivity index (χ4v) is 2.99. The van der Waals surface area contributed by atoms with Gasteiger partial charge in [0.05, 0.1) is 12.0 Å². The lowest BCUT2D eigenvalue weighted by atomic mass is 10.0. The Morgan fingerprint density at radius 2 is 2.13 bits per heavy atom. The van der Waals surface area contributed by atoms with E-state index < -0.39 is 0 Å². The van der Waals surface area contributed by atoms with Crippen LogP contribution in [0, 0.1) is 5.41 Å². The molecule has 3 rings (SSSR count). The van der Waals surface area contributed by atoms with Gasteiger partial charge >= 0.3 is 0 Å². The predicted octanol–water partition coefficient (Wildman–Crippen LogP) is 2.47. The van der Waals surface area contributed by atoms with E-state index in [1.165, 1.54) is 49.9 Å². The highest BCUT2D eigenvalue weighted by molar-refractivity contribution is 7.80. The maximum absolute atomic E-state index is 4.54. The summed E-state index contributed by atoms with van der Waals surface area (Å²) in [5.41, 5.74) is 3.38. The van der Waals surface area contributed by atoms with Crippen molar-refractivity contribution in [1.29, 1.82) is 0 Å². The van der Waals surface area contributed by atoms with Crippen LogP contribution in [-0.4, -0.2) is 15.3 Å². The fourth-order valence-electron chi connectivity index (χ4n) is 2.57. The van der Waals surface area contributed by atoms with Crippen LogP contribution in [0.4, 0.5) is 0 Å². The largest absolute Gasteiger partial charge is 0.334 e. The van der Waals surface area contributed by atoms with Gasteiger partial charge in [-0.1, -0.05) is 0 Å². The molecule has 2 nitrogen and oxygen atoms in total. The normalized spacial score (nSPS) is 22.5. The van der Waals surface area contributed by atoms with Crippen molar-refractivity contribution in [1.82, 2.24) is 9.55 Å². The van der Waals surface area contributed by atoms with Crippen LogP contribution in [0.3, 0.4) is 0 Å². The minimum absolute atomic E-state index is 0.509. The van der Waals surface area contributed by atoms with Gasteiger partial charge in [0.2, 0.25) is 0 Å². The van der Waals surface area contributed by atoms with Crippen molar-refractivity contribution in [2.75, 3.05) is 5.75 Å². The number of aryl methyl sites for hydroxylation is 1. The second-order valence-electron chi connectivity index (χ2n) is 5.13. The average Bonchev–Trinajstić information content (AvgIpc) is 2.95. The predicted molar refractivity (Wildman–Crippen MR) is 64.4 cm³/mol. The van der Waals surface area contributed by atoms with Crippen molar-refractivity contribution in [2.24, 2.45) is 5.41 Å². The first kappa shape index (κ1) is 9.76. The molecule has 82 valence electrons. The van der Waals surface area contributed by atoms with Crippen molar-refractivity contribution in [3.05, 3.63) is 17.7 Å². The minimum atomic E-state index is 0.509. The summed E-state index contributed by atoms with van der Waals surface area (Å²) in [4.78, 5) is 4.54. The Morgan fingerprint density at radius 3 is 2.87 bits per heavy atom. The monoisotopic (exact) mass is 222 g/mol.